The maximum absolute atomic E-state index is 12.4. The fourth-order valence-corrected chi connectivity index (χ4v) is 3.77. The van der Waals surface area contributed by atoms with E-state index in [4.69, 9.17) is 14.2 Å². The Balaban J connectivity index is 2.00. The first kappa shape index (κ1) is 19.8. The van der Waals surface area contributed by atoms with Crippen molar-refractivity contribution in [3.63, 3.8) is 0 Å². The average molecular weight is 378 g/mol. The first-order valence-electron chi connectivity index (χ1n) is 9.11. The van der Waals surface area contributed by atoms with Crippen LogP contribution in [-0.4, -0.2) is 58.8 Å². The number of hydrogen-bond acceptors (Lipinski definition) is 7. The zero-order chi connectivity index (χ0) is 19.9. The van der Waals surface area contributed by atoms with Crippen molar-refractivity contribution in [1.29, 1.82) is 0 Å². The van der Waals surface area contributed by atoms with Gasteiger partial charge >= 0.3 is 11.9 Å². The minimum Gasteiger partial charge on any atom is -0.458 e. The number of aliphatic hydroxyl groups excluding tert-OH is 2. The van der Waals surface area contributed by atoms with Crippen molar-refractivity contribution in [1.82, 2.24) is 0 Å². The Bertz CT molecular complexity index is 722. The molecule has 0 bridgehead atoms. The number of carbonyl (C=O) groups is 2. The molecule has 148 valence electrons. The van der Waals surface area contributed by atoms with Crippen LogP contribution < -0.4 is 0 Å². The van der Waals surface area contributed by atoms with E-state index in [0.717, 1.165) is 0 Å². The minimum atomic E-state index is -0.913. The van der Waals surface area contributed by atoms with Gasteiger partial charge in [-0.05, 0) is 32.4 Å². The summed E-state index contributed by atoms with van der Waals surface area (Å²) in [7, 11) is 0. The number of esters is 2. The first-order valence-corrected chi connectivity index (χ1v) is 9.11. The van der Waals surface area contributed by atoms with E-state index in [1.807, 2.05) is 0 Å². The number of ether oxygens (including phenoxy) is 3. The molecule has 2 heterocycles. The van der Waals surface area contributed by atoms with E-state index >= 15 is 0 Å². The molecule has 2 aliphatic heterocycles. The van der Waals surface area contributed by atoms with Crippen molar-refractivity contribution < 1.29 is 34.0 Å². The number of epoxide rings is 1. The zero-order valence-electron chi connectivity index (χ0n) is 15.8. The molecular weight excluding hydrogens is 352 g/mol. The molecule has 3 aliphatic rings. The molecule has 27 heavy (non-hydrogen) atoms. The second-order valence-electron chi connectivity index (χ2n) is 7.53. The number of aliphatic hydroxyl groups is 2. The van der Waals surface area contributed by atoms with Crippen LogP contribution in [0.4, 0.5) is 0 Å². The number of fused-ring (bicyclic) bond motifs is 2. The number of rotatable bonds is 3. The highest BCUT2D eigenvalue weighted by molar-refractivity contribution is 5.92. The van der Waals surface area contributed by atoms with Crippen LogP contribution in [0.1, 0.15) is 33.6 Å². The first-order chi connectivity index (χ1) is 12.7. The van der Waals surface area contributed by atoms with E-state index in [9.17, 15) is 19.8 Å². The monoisotopic (exact) mass is 378 g/mol. The minimum absolute atomic E-state index is 0.188. The fraction of sp³-hybridized carbons (Fsp3) is 0.600. The number of carbonyl (C=O) groups excluding carboxylic acids is 2. The lowest BCUT2D eigenvalue weighted by Crippen LogP contribution is -2.40. The molecule has 0 radical (unpaired) electrons. The van der Waals surface area contributed by atoms with E-state index in [-0.39, 0.29) is 24.7 Å². The number of allylic oxidation sites excluding steroid dienone is 1. The second-order valence-corrected chi connectivity index (χ2v) is 7.53. The fourth-order valence-electron chi connectivity index (χ4n) is 3.77. The Morgan fingerprint density at radius 2 is 2.22 bits per heavy atom. The van der Waals surface area contributed by atoms with Gasteiger partial charge in [0.05, 0.1) is 24.7 Å². The van der Waals surface area contributed by atoms with Crippen molar-refractivity contribution in [2.75, 3.05) is 6.61 Å². The van der Waals surface area contributed by atoms with Gasteiger partial charge in [-0.2, -0.15) is 0 Å². The molecule has 0 amide bonds. The van der Waals surface area contributed by atoms with E-state index in [0.29, 0.717) is 17.6 Å². The summed E-state index contributed by atoms with van der Waals surface area (Å²) in [4.78, 5) is 24.5. The van der Waals surface area contributed by atoms with Gasteiger partial charge in [0.25, 0.3) is 0 Å². The molecule has 7 nitrogen and oxygen atoms in total. The van der Waals surface area contributed by atoms with Crippen LogP contribution in [0.2, 0.25) is 0 Å². The predicted molar refractivity (Wildman–Crippen MR) is 95.5 cm³/mol. The van der Waals surface area contributed by atoms with Crippen molar-refractivity contribution in [3.05, 3.63) is 35.5 Å². The van der Waals surface area contributed by atoms with Crippen LogP contribution in [0, 0.1) is 5.92 Å². The zero-order valence-corrected chi connectivity index (χ0v) is 15.8. The normalized spacial score (nSPS) is 39.1. The van der Waals surface area contributed by atoms with Crippen LogP contribution in [0.15, 0.2) is 35.5 Å². The molecule has 0 aromatic rings. The Hall–Kier alpha value is -1.96. The van der Waals surface area contributed by atoms with Crippen LogP contribution in [0.3, 0.4) is 0 Å². The molecule has 2 fully saturated rings. The summed E-state index contributed by atoms with van der Waals surface area (Å²) in [5, 5.41) is 20.3. The molecular formula is C20H26O7. The molecule has 0 spiro atoms. The lowest BCUT2D eigenvalue weighted by Gasteiger charge is -2.29. The molecule has 0 aromatic heterocycles. The predicted octanol–water partition coefficient (Wildman–Crippen LogP) is 1.19. The average Bonchev–Trinajstić information content (AvgIpc) is 3.23. The Morgan fingerprint density at radius 1 is 1.52 bits per heavy atom. The third-order valence-electron chi connectivity index (χ3n) is 5.79. The van der Waals surface area contributed by atoms with Gasteiger partial charge in [-0.1, -0.05) is 12.7 Å². The molecule has 0 unspecified atom stereocenters. The molecule has 0 saturated carbocycles. The summed E-state index contributed by atoms with van der Waals surface area (Å²) < 4.78 is 16.8. The third-order valence-corrected chi connectivity index (χ3v) is 5.79. The van der Waals surface area contributed by atoms with Crippen molar-refractivity contribution in [3.8, 4) is 0 Å². The highest BCUT2D eigenvalue weighted by Gasteiger charge is 2.60. The molecule has 3 rings (SSSR count). The Kier molecular flexibility index (Phi) is 5.29. The Labute approximate surface area is 158 Å². The van der Waals surface area contributed by atoms with Gasteiger partial charge in [0.2, 0.25) is 0 Å². The summed E-state index contributed by atoms with van der Waals surface area (Å²) in [6, 6.07) is 0. The maximum Gasteiger partial charge on any atom is 0.334 e. The highest BCUT2D eigenvalue weighted by atomic mass is 16.6. The summed E-state index contributed by atoms with van der Waals surface area (Å²) in [5.74, 6) is -1.67. The molecule has 1 aliphatic carbocycles. The maximum atomic E-state index is 12.4. The van der Waals surface area contributed by atoms with E-state index in [1.165, 1.54) is 0 Å². The largest absolute Gasteiger partial charge is 0.458 e. The van der Waals surface area contributed by atoms with Crippen LogP contribution in [0.25, 0.3) is 0 Å². The molecule has 2 saturated heterocycles. The van der Waals surface area contributed by atoms with Gasteiger partial charge < -0.3 is 24.4 Å². The summed E-state index contributed by atoms with van der Waals surface area (Å²) >= 11 is 0. The van der Waals surface area contributed by atoms with Crippen molar-refractivity contribution >= 4 is 11.9 Å². The summed E-state index contributed by atoms with van der Waals surface area (Å²) in [6.07, 6.45) is 1.24. The molecule has 7 heteroatoms. The summed E-state index contributed by atoms with van der Waals surface area (Å²) in [5.41, 5.74) is 0.365. The summed E-state index contributed by atoms with van der Waals surface area (Å²) in [6.45, 7) is 8.67. The smallest absolute Gasteiger partial charge is 0.334 e. The quantitative estimate of drug-likeness (QED) is 0.329. The van der Waals surface area contributed by atoms with Gasteiger partial charge in [-0.15, -0.1) is 0 Å². The lowest BCUT2D eigenvalue weighted by molar-refractivity contribution is -0.148. The van der Waals surface area contributed by atoms with Crippen LogP contribution >= 0.6 is 0 Å². The number of hydrogen-bond donors (Lipinski definition) is 2. The van der Waals surface area contributed by atoms with Crippen LogP contribution in [-0.2, 0) is 23.8 Å². The van der Waals surface area contributed by atoms with Gasteiger partial charge in [-0.3, -0.25) is 0 Å². The van der Waals surface area contributed by atoms with Gasteiger partial charge in [0, 0.05) is 24.0 Å². The van der Waals surface area contributed by atoms with E-state index in [2.05, 4.69) is 6.58 Å². The van der Waals surface area contributed by atoms with Gasteiger partial charge in [-0.25, -0.2) is 9.59 Å². The van der Waals surface area contributed by atoms with Crippen molar-refractivity contribution in [2.24, 2.45) is 5.92 Å². The van der Waals surface area contributed by atoms with Crippen molar-refractivity contribution in [2.45, 2.75) is 63.6 Å². The lowest BCUT2D eigenvalue weighted by atomic mass is 9.81. The van der Waals surface area contributed by atoms with E-state index in [1.54, 1.807) is 32.9 Å². The van der Waals surface area contributed by atoms with Gasteiger partial charge in [0.15, 0.2) is 0 Å². The van der Waals surface area contributed by atoms with Crippen LogP contribution in [0.5, 0.6) is 0 Å². The third kappa shape index (κ3) is 3.59. The topological polar surface area (TPSA) is 106 Å². The highest BCUT2D eigenvalue weighted by Crippen LogP contribution is 2.48. The molecule has 2 N–H and O–H groups in total. The molecule has 0 aromatic carbocycles. The Morgan fingerprint density at radius 3 is 2.85 bits per heavy atom. The standard InChI is InChI=1S/C20H26O7/c1-5-10(2)18(23)26-15-8-20(9-21)16(27-20)7-13(22)11(3)6-14-17(15)12(4)19(24)25-14/h5-6,13-17,21-22H,4,7-9H2,1-3H3/b10-5-,11-6?/t13-,14-,15+,16+,17-,20-/m0/s1. The molecule has 6 atom stereocenters. The van der Waals surface area contributed by atoms with E-state index < -0.39 is 41.8 Å². The van der Waals surface area contributed by atoms with Gasteiger partial charge in [0.1, 0.15) is 17.8 Å². The second kappa shape index (κ2) is 7.22. The SMILES string of the molecule is C=C1C(=O)O[C@H]2C=C(C)[C@@H](O)C[C@H]3O[C@]3(CO)C[C@@H](OC(=O)/C(C)=C\C)[C@@H]12.